The number of hydrogen-bond acceptors (Lipinski definition) is 5. The van der Waals surface area contributed by atoms with E-state index < -0.39 is 55.1 Å². The molecule has 6 nitrogen and oxygen atoms in total. The second-order valence-electron chi connectivity index (χ2n) is 4.68. The van der Waals surface area contributed by atoms with Crippen LogP contribution in [0.25, 0.3) is 10.9 Å². The number of nitrogens with two attached hydrogens (primary N) is 1. The second kappa shape index (κ2) is 4.80. The van der Waals surface area contributed by atoms with Gasteiger partial charge in [-0.1, -0.05) is 6.07 Å². The van der Waals surface area contributed by atoms with Gasteiger partial charge in [0.1, 0.15) is 11.6 Å². The summed E-state index contributed by atoms with van der Waals surface area (Å²) in [5.74, 6) is -2.44. The maximum absolute atomic E-state index is 13.0. The molecule has 1 fully saturated rings. The molecule has 1 heterocycles. The topological polar surface area (TPSA) is 95.0 Å². The number of rotatable bonds is 1. The molecule has 6 heteroatoms. The van der Waals surface area contributed by atoms with Crippen molar-refractivity contribution in [2.24, 2.45) is 0 Å². The number of nitrogens with zero attached hydrogens (tertiary/aromatic N) is 2. The Balaban J connectivity index is 2.40. The summed E-state index contributed by atoms with van der Waals surface area (Å²) in [4.78, 5) is 41.2. The maximum Gasteiger partial charge on any atom is 0.264 e. The SMILES string of the molecule is [2H]C([2H])c1nc2cccc(N)c2c(=O)n1C1([2H])CC([2H])([2H])C(=O)CC1=O. The van der Waals surface area contributed by atoms with Gasteiger partial charge in [-0.15, -0.1) is 0 Å². The maximum atomic E-state index is 13.0. The Morgan fingerprint density at radius 3 is 3.05 bits per heavy atom. The van der Waals surface area contributed by atoms with Crippen LogP contribution in [0.15, 0.2) is 23.0 Å². The predicted molar refractivity (Wildman–Crippen MR) is 78.1 cm³/mol. The summed E-state index contributed by atoms with van der Waals surface area (Å²) in [6, 6.07) is 1.91. The Labute approximate surface area is 127 Å². The zero-order valence-corrected chi connectivity index (χ0v) is 10.9. The lowest BCUT2D eigenvalue weighted by Gasteiger charge is -2.24. The summed E-state index contributed by atoms with van der Waals surface area (Å²) < 4.78 is 39.9. The molecule has 1 aromatic heterocycles. The van der Waals surface area contributed by atoms with Crippen LogP contribution >= 0.6 is 0 Å². The van der Waals surface area contributed by atoms with Crippen LogP contribution in [-0.2, 0) is 9.59 Å². The summed E-state index contributed by atoms with van der Waals surface area (Å²) in [7, 11) is 0. The minimum atomic E-state index is -2.50. The van der Waals surface area contributed by atoms with Crippen LogP contribution in [0.5, 0.6) is 0 Å². The molecule has 0 bridgehead atoms. The second-order valence-corrected chi connectivity index (χ2v) is 4.68. The molecule has 3 rings (SSSR count). The van der Waals surface area contributed by atoms with Crippen LogP contribution in [0.3, 0.4) is 0 Å². The van der Waals surface area contributed by atoms with Gasteiger partial charge in [-0.3, -0.25) is 19.0 Å². The number of anilines is 1. The molecule has 0 amide bonds. The number of hydrogen-bond donors (Lipinski definition) is 1. The summed E-state index contributed by atoms with van der Waals surface area (Å²) in [5, 5.41) is -0.0891. The van der Waals surface area contributed by atoms with E-state index in [1.165, 1.54) is 18.2 Å². The molecule has 0 saturated heterocycles. The number of nitrogen functional groups attached to an aromatic ring is 1. The molecule has 1 atom stereocenters. The third-order valence-corrected chi connectivity index (χ3v) is 3.32. The van der Waals surface area contributed by atoms with Crippen molar-refractivity contribution in [3.63, 3.8) is 0 Å². The van der Waals surface area contributed by atoms with Gasteiger partial charge in [-0.2, -0.15) is 0 Å². The first-order valence-corrected chi connectivity index (χ1v) is 6.22. The lowest BCUT2D eigenvalue weighted by Crippen LogP contribution is -2.36. The van der Waals surface area contributed by atoms with Gasteiger partial charge in [-0.05, 0) is 25.4 Å². The highest BCUT2D eigenvalue weighted by molar-refractivity contribution is 6.03. The summed E-state index contributed by atoms with van der Waals surface area (Å²) in [6.07, 6.45) is -4.26. The number of fused-ring (bicyclic) bond motifs is 1. The zero-order valence-electron chi connectivity index (χ0n) is 15.9. The monoisotopic (exact) mass is 290 g/mol. The molecular weight excluding hydrogens is 270 g/mol. The van der Waals surface area contributed by atoms with E-state index in [1.54, 1.807) is 0 Å². The fraction of sp³-hybridized carbons (Fsp3) is 0.333. The normalized spacial score (nSPS) is 28.7. The molecule has 1 aliphatic carbocycles. The van der Waals surface area contributed by atoms with E-state index in [1.807, 2.05) is 0 Å². The van der Waals surface area contributed by atoms with Crippen molar-refractivity contribution in [2.45, 2.75) is 32.1 Å². The van der Waals surface area contributed by atoms with Crippen LogP contribution in [0.1, 0.15) is 37.9 Å². The van der Waals surface area contributed by atoms with Crippen LogP contribution in [0.2, 0.25) is 0 Å². The summed E-state index contributed by atoms with van der Waals surface area (Å²) >= 11 is 0. The number of benzene rings is 1. The van der Waals surface area contributed by atoms with Crippen molar-refractivity contribution in [1.29, 1.82) is 0 Å². The predicted octanol–water partition coefficient (Wildman–Crippen LogP) is 1.15. The Kier molecular flexibility index (Phi) is 1.99. The van der Waals surface area contributed by atoms with Crippen molar-refractivity contribution in [2.75, 3.05) is 5.73 Å². The lowest BCUT2D eigenvalue weighted by molar-refractivity contribution is -0.132. The average Bonchev–Trinajstić information content (AvgIpc) is 2.52. The zero-order chi connectivity index (χ0) is 19.4. The van der Waals surface area contributed by atoms with E-state index in [9.17, 15) is 14.4 Å². The first-order chi connectivity index (χ1) is 12.0. The van der Waals surface area contributed by atoms with Gasteiger partial charge < -0.3 is 5.73 Å². The van der Waals surface area contributed by atoms with E-state index in [-0.39, 0.29) is 16.6 Å². The van der Waals surface area contributed by atoms with E-state index in [0.29, 0.717) is 4.57 Å². The molecule has 21 heavy (non-hydrogen) atoms. The van der Waals surface area contributed by atoms with Gasteiger partial charge in [-0.25, -0.2) is 4.98 Å². The van der Waals surface area contributed by atoms with Crippen LogP contribution in [-0.4, -0.2) is 21.1 Å². The van der Waals surface area contributed by atoms with Crippen LogP contribution < -0.4 is 11.3 Å². The quantitative estimate of drug-likeness (QED) is 0.628. The third kappa shape index (κ3) is 2.12. The molecular formula is C15H15N3O3. The molecule has 0 spiro atoms. The van der Waals surface area contributed by atoms with E-state index in [4.69, 9.17) is 12.6 Å². The summed E-state index contributed by atoms with van der Waals surface area (Å²) in [6.45, 7) is -1.81. The smallest absolute Gasteiger partial charge is 0.264 e. The number of ketones is 2. The number of carbonyl (C=O) groups is 2. The minimum Gasteiger partial charge on any atom is -0.398 e. The molecule has 2 aromatic rings. The molecule has 0 radical (unpaired) electrons. The largest absolute Gasteiger partial charge is 0.398 e. The highest BCUT2D eigenvalue weighted by atomic mass is 16.2. The highest BCUT2D eigenvalue weighted by Crippen LogP contribution is 2.24. The first kappa shape index (κ1) is 8.71. The minimum absolute atomic E-state index is 0.0396. The Hall–Kier alpha value is -2.50. The van der Waals surface area contributed by atoms with E-state index in [2.05, 4.69) is 4.98 Å². The Morgan fingerprint density at radius 2 is 2.29 bits per heavy atom. The molecule has 1 saturated carbocycles. The van der Waals surface area contributed by atoms with Crippen molar-refractivity contribution < 1.29 is 16.4 Å². The lowest BCUT2D eigenvalue weighted by atomic mass is 9.92. The van der Waals surface area contributed by atoms with Gasteiger partial charge >= 0.3 is 0 Å². The molecule has 1 aliphatic rings. The van der Waals surface area contributed by atoms with Gasteiger partial charge in [0.25, 0.3) is 5.56 Å². The van der Waals surface area contributed by atoms with Crippen molar-refractivity contribution >= 4 is 28.2 Å². The fourth-order valence-electron chi connectivity index (χ4n) is 2.33. The van der Waals surface area contributed by atoms with E-state index >= 15 is 0 Å². The molecule has 0 aliphatic heterocycles. The Bertz CT molecular complexity index is 1000. The van der Waals surface area contributed by atoms with Crippen molar-refractivity contribution in [3.05, 3.63) is 34.4 Å². The number of Topliss-reactive ketones (excluding diaryl/α,β-unsaturated/α-hetero) is 2. The van der Waals surface area contributed by atoms with Crippen LogP contribution in [0.4, 0.5) is 5.69 Å². The number of aromatic nitrogens is 2. The van der Waals surface area contributed by atoms with Crippen LogP contribution in [0, 0.1) is 6.88 Å². The first-order valence-electron chi connectivity index (χ1n) is 8.87. The van der Waals surface area contributed by atoms with Crippen molar-refractivity contribution in [1.82, 2.24) is 9.55 Å². The van der Waals surface area contributed by atoms with Gasteiger partial charge in [0, 0.05) is 17.5 Å². The molecule has 1 aromatic carbocycles. The third-order valence-electron chi connectivity index (χ3n) is 3.32. The summed E-state index contributed by atoms with van der Waals surface area (Å²) in [5.41, 5.74) is 5.05. The highest BCUT2D eigenvalue weighted by Gasteiger charge is 2.30. The molecule has 1 unspecified atom stereocenters. The van der Waals surface area contributed by atoms with Gasteiger partial charge in [0.15, 0.2) is 5.78 Å². The van der Waals surface area contributed by atoms with Gasteiger partial charge in [0.2, 0.25) is 0 Å². The molecule has 108 valence electrons. The van der Waals surface area contributed by atoms with Gasteiger partial charge in [0.05, 0.1) is 24.7 Å². The number of carbonyl (C=O) groups excluding carboxylic acids is 2. The average molecular weight is 290 g/mol. The Morgan fingerprint density at radius 1 is 1.48 bits per heavy atom. The van der Waals surface area contributed by atoms with E-state index in [0.717, 1.165) is 0 Å². The fourth-order valence-corrected chi connectivity index (χ4v) is 2.33. The van der Waals surface area contributed by atoms with Crippen molar-refractivity contribution in [3.8, 4) is 0 Å². The molecule has 2 N–H and O–H groups in total. The number of aryl methyl sites for hydroxylation is 1. The standard InChI is InChI=1S/C15H15N3O3/c1-8-17-11-4-2-3-10(16)14(11)15(21)18(8)12-6-5-9(19)7-13(12)20/h2-4,12H,5-7,16H2,1H3/i1D2,5D2,12D.